The van der Waals surface area contributed by atoms with Gasteiger partial charge in [-0.15, -0.1) is 12.4 Å². The Hall–Kier alpha value is -1.42. The Morgan fingerprint density at radius 2 is 2.05 bits per heavy atom. The number of hydrogen-bond acceptors (Lipinski definition) is 6. The lowest BCUT2D eigenvalue weighted by molar-refractivity contribution is -0.384. The molecule has 0 spiro atoms. The number of nitro benzene ring substituents is 1. The van der Waals surface area contributed by atoms with Crippen LogP contribution in [0.4, 0.5) is 5.69 Å². The first-order valence-electron chi connectivity index (χ1n) is 5.54. The standard InChI is InChI=1S/C10H10ClN3O5S.ClH/c11-8-5-7(14(16)17)1-2-9(8)20(18,19)13-4-3-12-6-10(13)15;/h1-2,5,12H,3-4,6H2;1H. The van der Waals surface area contributed by atoms with E-state index in [4.69, 9.17) is 11.6 Å². The Bertz CT molecular complexity index is 679. The fourth-order valence-corrected chi connectivity index (χ4v) is 3.69. The van der Waals surface area contributed by atoms with Crippen molar-refractivity contribution in [1.82, 2.24) is 9.62 Å². The summed E-state index contributed by atoms with van der Waals surface area (Å²) < 4.78 is 25.4. The number of carbonyl (C=O) groups excluding carboxylic acids is 1. The summed E-state index contributed by atoms with van der Waals surface area (Å²) in [5, 5.41) is 13.1. The molecule has 0 radical (unpaired) electrons. The lowest BCUT2D eigenvalue weighted by Gasteiger charge is -2.26. The van der Waals surface area contributed by atoms with E-state index in [1.807, 2.05) is 0 Å². The van der Waals surface area contributed by atoms with Gasteiger partial charge in [0.05, 0.1) is 16.5 Å². The van der Waals surface area contributed by atoms with Crippen molar-refractivity contribution in [3.05, 3.63) is 33.3 Å². The van der Waals surface area contributed by atoms with Crippen molar-refractivity contribution in [2.24, 2.45) is 0 Å². The fraction of sp³-hybridized carbons (Fsp3) is 0.300. The van der Waals surface area contributed by atoms with Crippen molar-refractivity contribution in [3.8, 4) is 0 Å². The van der Waals surface area contributed by atoms with Gasteiger partial charge in [-0.2, -0.15) is 0 Å². The van der Waals surface area contributed by atoms with Gasteiger partial charge >= 0.3 is 0 Å². The van der Waals surface area contributed by atoms with Crippen molar-refractivity contribution in [2.45, 2.75) is 4.90 Å². The Morgan fingerprint density at radius 3 is 2.57 bits per heavy atom. The molecule has 8 nitrogen and oxygen atoms in total. The van der Waals surface area contributed by atoms with Crippen LogP contribution in [0.2, 0.25) is 5.02 Å². The van der Waals surface area contributed by atoms with Crippen LogP contribution in [0.5, 0.6) is 0 Å². The van der Waals surface area contributed by atoms with E-state index in [1.54, 1.807) is 0 Å². The second-order valence-corrected chi connectivity index (χ2v) is 6.26. The molecule has 1 amide bonds. The first kappa shape index (κ1) is 17.6. The van der Waals surface area contributed by atoms with E-state index in [2.05, 4.69) is 5.32 Å². The maximum atomic E-state index is 12.3. The molecule has 0 saturated carbocycles. The van der Waals surface area contributed by atoms with Crippen LogP contribution in [0.1, 0.15) is 0 Å². The number of benzene rings is 1. The molecule has 116 valence electrons. The third-order valence-corrected chi connectivity index (χ3v) is 5.04. The first-order chi connectivity index (χ1) is 9.34. The molecule has 1 aromatic carbocycles. The van der Waals surface area contributed by atoms with Crippen LogP contribution in [0.3, 0.4) is 0 Å². The van der Waals surface area contributed by atoms with E-state index in [9.17, 15) is 23.3 Å². The molecule has 1 fully saturated rings. The van der Waals surface area contributed by atoms with Crippen molar-refractivity contribution in [1.29, 1.82) is 0 Å². The molecule has 11 heteroatoms. The second-order valence-electron chi connectivity index (χ2n) is 4.02. The Morgan fingerprint density at radius 1 is 1.38 bits per heavy atom. The SMILES string of the molecule is Cl.O=C1CNCCN1S(=O)(=O)c1ccc([N+](=O)[O-])cc1Cl. The van der Waals surface area contributed by atoms with Crippen LogP contribution in [-0.2, 0) is 14.8 Å². The average molecular weight is 356 g/mol. The highest BCUT2D eigenvalue weighted by atomic mass is 35.5. The number of sulfonamides is 1. The number of halogens is 2. The molecule has 1 aromatic rings. The smallest absolute Gasteiger partial charge is 0.271 e. The zero-order chi connectivity index (χ0) is 14.9. The predicted octanol–water partition coefficient (Wildman–Crippen LogP) is 0.790. The number of piperazine rings is 1. The van der Waals surface area contributed by atoms with E-state index in [0.29, 0.717) is 6.54 Å². The number of carbonyl (C=O) groups is 1. The maximum Gasteiger partial charge on any atom is 0.271 e. The molecule has 1 aliphatic heterocycles. The van der Waals surface area contributed by atoms with Gasteiger partial charge in [-0.3, -0.25) is 14.9 Å². The number of nitrogens with zero attached hydrogens (tertiary/aromatic N) is 2. The van der Waals surface area contributed by atoms with Crippen LogP contribution >= 0.6 is 24.0 Å². The normalized spacial score (nSPS) is 15.5. The summed E-state index contributed by atoms with van der Waals surface area (Å²) in [4.78, 5) is 21.2. The van der Waals surface area contributed by atoms with E-state index in [-0.39, 0.29) is 41.1 Å². The van der Waals surface area contributed by atoms with Crippen molar-refractivity contribution in [3.63, 3.8) is 0 Å². The van der Waals surface area contributed by atoms with Crippen LogP contribution in [0.25, 0.3) is 0 Å². The van der Waals surface area contributed by atoms with Gasteiger partial charge in [-0.25, -0.2) is 12.7 Å². The van der Waals surface area contributed by atoms with Crippen LogP contribution in [0.15, 0.2) is 23.1 Å². The molecule has 1 heterocycles. The molecule has 0 unspecified atom stereocenters. The lowest BCUT2D eigenvalue weighted by atomic mass is 10.3. The minimum Gasteiger partial charge on any atom is -0.307 e. The van der Waals surface area contributed by atoms with Gasteiger partial charge in [0, 0.05) is 25.2 Å². The van der Waals surface area contributed by atoms with Gasteiger partial charge in [0.25, 0.3) is 15.7 Å². The molecule has 0 aliphatic carbocycles. The maximum absolute atomic E-state index is 12.3. The number of hydrogen-bond donors (Lipinski definition) is 1. The summed E-state index contributed by atoms with van der Waals surface area (Å²) in [6, 6.07) is 3.01. The number of rotatable bonds is 3. The monoisotopic (exact) mass is 355 g/mol. The van der Waals surface area contributed by atoms with Crippen LogP contribution < -0.4 is 5.32 Å². The Kier molecular flexibility index (Phi) is 5.51. The third kappa shape index (κ3) is 3.43. The van der Waals surface area contributed by atoms with Gasteiger partial charge in [0.15, 0.2) is 0 Å². The second kappa shape index (κ2) is 6.56. The van der Waals surface area contributed by atoms with Gasteiger partial charge in [0.2, 0.25) is 5.91 Å². The first-order valence-corrected chi connectivity index (χ1v) is 7.36. The summed E-state index contributed by atoms with van der Waals surface area (Å²) in [5.41, 5.74) is -0.319. The number of amides is 1. The topological polar surface area (TPSA) is 110 Å². The van der Waals surface area contributed by atoms with Gasteiger partial charge in [0.1, 0.15) is 4.90 Å². The van der Waals surface area contributed by atoms with Gasteiger partial charge in [-0.05, 0) is 6.07 Å². The number of nitrogens with one attached hydrogen (secondary N) is 1. The van der Waals surface area contributed by atoms with E-state index in [1.165, 1.54) is 0 Å². The van der Waals surface area contributed by atoms with Crippen LogP contribution in [0, 0.1) is 10.1 Å². The van der Waals surface area contributed by atoms with Gasteiger partial charge in [-0.1, -0.05) is 11.6 Å². The zero-order valence-electron chi connectivity index (χ0n) is 10.5. The molecule has 1 aliphatic rings. The highest BCUT2D eigenvalue weighted by molar-refractivity contribution is 7.89. The molecule has 0 atom stereocenters. The van der Waals surface area contributed by atoms with Crippen molar-refractivity contribution >= 4 is 45.6 Å². The molecule has 0 bridgehead atoms. The van der Waals surface area contributed by atoms with E-state index < -0.39 is 20.9 Å². The summed E-state index contributed by atoms with van der Waals surface area (Å²) in [7, 11) is -4.10. The number of nitro groups is 1. The van der Waals surface area contributed by atoms with Crippen molar-refractivity contribution in [2.75, 3.05) is 19.6 Å². The minimum absolute atomic E-state index is 0. The molecule has 21 heavy (non-hydrogen) atoms. The fourth-order valence-electron chi connectivity index (χ4n) is 1.77. The lowest BCUT2D eigenvalue weighted by Crippen LogP contribution is -2.50. The number of non-ortho nitro benzene ring substituents is 1. The predicted molar refractivity (Wildman–Crippen MR) is 77.1 cm³/mol. The quantitative estimate of drug-likeness (QED) is 0.633. The van der Waals surface area contributed by atoms with Crippen LogP contribution in [-0.4, -0.2) is 43.2 Å². The molecule has 0 aromatic heterocycles. The average Bonchev–Trinajstić information content (AvgIpc) is 2.38. The van der Waals surface area contributed by atoms with Crippen molar-refractivity contribution < 1.29 is 18.1 Å². The molecule has 1 saturated heterocycles. The van der Waals surface area contributed by atoms with E-state index >= 15 is 0 Å². The molecule has 1 N–H and O–H groups in total. The summed E-state index contributed by atoms with van der Waals surface area (Å²) >= 11 is 5.79. The Labute approximate surface area is 131 Å². The molecule has 2 rings (SSSR count). The highest BCUT2D eigenvalue weighted by Gasteiger charge is 2.33. The summed E-state index contributed by atoms with van der Waals surface area (Å²) in [5.74, 6) is -0.592. The minimum atomic E-state index is -4.10. The molecular weight excluding hydrogens is 345 g/mol. The Balaban J connectivity index is 0.00000220. The molecular formula is C10H11Cl2N3O5S. The van der Waals surface area contributed by atoms with E-state index in [0.717, 1.165) is 22.5 Å². The largest absolute Gasteiger partial charge is 0.307 e. The van der Waals surface area contributed by atoms with Gasteiger partial charge < -0.3 is 5.32 Å². The third-order valence-electron chi connectivity index (χ3n) is 2.74. The summed E-state index contributed by atoms with van der Waals surface area (Å²) in [6.45, 7) is 0.258. The summed E-state index contributed by atoms with van der Waals surface area (Å²) in [6.07, 6.45) is 0. The highest BCUT2D eigenvalue weighted by Crippen LogP contribution is 2.28. The zero-order valence-corrected chi connectivity index (χ0v) is 12.9.